The average Bonchev–Trinajstić information content (AvgIpc) is 3.15. The third-order valence-corrected chi connectivity index (χ3v) is 6.09. The Kier molecular flexibility index (Phi) is 5.95. The fourth-order valence-corrected chi connectivity index (χ4v) is 4.53. The van der Waals surface area contributed by atoms with Crippen LogP contribution in [0.4, 0.5) is 4.79 Å². The number of nitrogens with zero attached hydrogens (tertiary/aromatic N) is 2. The first-order valence-electron chi connectivity index (χ1n) is 10.4. The highest BCUT2D eigenvalue weighted by Gasteiger charge is 2.32. The van der Waals surface area contributed by atoms with Gasteiger partial charge in [-0.15, -0.1) is 0 Å². The molecule has 2 amide bonds. The van der Waals surface area contributed by atoms with Crippen molar-refractivity contribution < 1.29 is 9.53 Å². The van der Waals surface area contributed by atoms with Crippen LogP contribution in [-0.4, -0.2) is 34.3 Å². The predicted molar refractivity (Wildman–Crippen MR) is 108 cm³/mol. The lowest BCUT2D eigenvalue weighted by molar-refractivity contribution is -0.0142. The Balaban J connectivity index is 1.29. The van der Waals surface area contributed by atoms with E-state index in [4.69, 9.17) is 4.74 Å². The third-order valence-electron chi connectivity index (χ3n) is 6.09. The molecule has 2 fully saturated rings. The Labute approximate surface area is 166 Å². The van der Waals surface area contributed by atoms with E-state index in [-0.39, 0.29) is 24.2 Å². The Morgan fingerprint density at radius 2 is 1.89 bits per heavy atom. The largest absolute Gasteiger partial charge is 0.368 e. The van der Waals surface area contributed by atoms with Gasteiger partial charge in [-0.1, -0.05) is 30.3 Å². The molecule has 150 valence electrons. The molecule has 6 nitrogen and oxygen atoms in total. The van der Waals surface area contributed by atoms with Crippen molar-refractivity contribution in [1.82, 2.24) is 20.2 Å². The van der Waals surface area contributed by atoms with Crippen LogP contribution >= 0.6 is 0 Å². The number of carbonyl (C=O) groups is 1. The summed E-state index contributed by atoms with van der Waals surface area (Å²) in [7, 11) is 1.96. The van der Waals surface area contributed by atoms with Crippen molar-refractivity contribution >= 4 is 6.03 Å². The molecule has 1 aromatic carbocycles. The van der Waals surface area contributed by atoms with Crippen LogP contribution in [0.1, 0.15) is 61.9 Å². The standard InChI is InChI=1S/C22H30N4O2/c1-26-14-13-23-21(26)20-19(8-5-15-28-20)25-22(27)24-18-11-9-17(10-12-18)16-6-3-2-4-7-16/h2-4,6-7,13-14,17-20H,5,8-12,15H2,1H3,(H2,24,25,27)/t17?,18?,19-,20-/m0/s1. The Morgan fingerprint density at radius 1 is 1.11 bits per heavy atom. The van der Waals surface area contributed by atoms with E-state index < -0.39 is 0 Å². The number of benzene rings is 1. The number of ether oxygens (including phenoxy) is 1. The molecule has 28 heavy (non-hydrogen) atoms. The average molecular weight is 383 g/mol. The van der Waals surface area contributed by atoms with Gasteiger partial charge in [-0.25, -0.2) is 9.78 Å². The van der Waals surface area contributed by atoms with Gasteiger partial charge >= 0.3 is 6.03 Å². The van der Waals surface area contributed by atoms with Crippen molar-refractivity contribution in [3.05, 3.63) is 54.1 Å². The highest BCUT2D eigenvalue weighted by atomic mass is 16.5. The summed E-state index contributed by atoms with van der Waals surface area (Å²) in [5.74, 6) is 1.48. The quantitative estimate of drug-likeness (QED) is 0.848. The lowest BCUT2D eigenvalue weighted by atomic mass is 9.82. The fraction of sp³-hybridized carbons (Fsp3) is 0.545. The molecule has 2 N–H and O–H groups in total. The number of aromatic nitrogens is 2. The maximum atomic E-state index is 12.6. The molecular weight excluding hydrogens is 352 g/mol. The van der Waals surface area contributed by atoms with Crippen LogP contribution in [0.25, 0.3) is 0 Å². The van der Waals surface area contributed by atoms with Crippen LogP contribution in [0, 0.1) is 0 Å². The number of hydrogen-bond acceptors (Lipinski definition) is 3. The first-order valence-corrected chi connectivity index (χ1v) is 10.4. The van der Waals surface area contributed by atoms with E-state index >= 15 is 0 Å². The van der Waals surface area contributed by atoms with E-state index in [1.165, 1.54) is 5.56 Å². The zero-order chi connectivity index (χ0) is 19.3. The molecule has 2 aliphatic rings. The fourth-order valence-electron chi connectivity index (χ4n) is 4.53. The first kappa shape index (κ1) is 19.0. The summed E-state index contributed by atoms with van der Waals surface area (Å²) in [5, 5.41) is 6.33. The molecule has 1 aliphatic carbocycles. The third kappa shape index (κ3) is 4.38. The first-order chi connectivity index (χ1) is 13.7. The maximum absolute atomic E-state index is 12.6. The lowest BCUT2D eigenvalue weighted by Crippen LogP contribution is -2.50. The molecule has 2 atom stereocenters. The minimum atomic E-state index is -0.187. The molecule has 1 saturated carbocycles. The van der Waals surface area contributed by atoms with Crippen LogP contribution in [0.15, 0.2) is 42.7 Å². The zero-order valence-corrected chi connectivity index (χ0v) is 16.5. The van der Waals surface area contributed by atoms with E-state index in [0.717, 1.165) is 44.3 Å². The van der Waals surface area contributed by atoms with Crippen LogP contribution in [0.2, 0.25) is 0 Å². The normalized spacial score (nSPS) is 27.9. The van der Waals surface area contributed by atoms with Crippen molar-refractivity contribution in [2.75, 3.05) is 6.61 Å². The molecule has 0 spiro atoms. The van der Waals surface area contributed by atoms with Crippen molar-refractivity contribution in [2.45, 2.75) is 62.6 Å². The summed E-state index contributed by atoms with van der Waals surface area (Å²) in [5.41, 5.74) is 1.42. The maximum Gasteiger partial charge on any atom is 0.315 e. The topological polar surface area (TPSA) is 68.2 Å². The van der Waals surface area contributed by atoms with Gasteiger partial charge in [0.15, 0.2) is 0 Å². The number of imidazole rings is 1. The second kappa shape index (κ2) is 8.78. The summed E-state index contributed by atoms with van der Waals surface area (Å²) in [6.07, 6.45) is 9.65. The summed E-state index contributed by atoms with van der Waals surface area (Å²) < 4.78 is 7.91. The van der Waals surface area contributed by atoms with Crippen LogP contribution in [-0.2, 0) is 11.8 Å². The molecule has 0 bridgehead atoms. The molecular formula is C22H30N4O2. The molecule has 1 saturated heterocycles. The summed E-state index contributed by atoms with van der Waals surface area (Å²) in [6, 6.07) is 10.8. The van der Waals surface area contributed by atoms with Gasteiger partial charge in [-0.3, -0.25) is 0 Å². The molecule has 0 radical (unpaired) electrons. The van der Waals surface area contributed by atoms with E-state index in [1.54, 1.807) is 6.20 Å². The monoisotopic (exact) mass is 382 g/mol. The Morgan fingerprint density at radius 3 is 2.61 bits per heavy atom. The predicted octanol–water partition coefficient (Wildman–Crippen LogP) is 3.67. The van der Waals surface area contributed by atoms with Gasteiger partial charge in [0.1, 0.15) is 11.9 Å². The van der Waals surface area contributed by atoms with Crippen molar-refractivity contribution in [1.29, 1.82) is 0 Å². The van der Waals surface area contributed by atoms with Gasteiger partial charge in [0, 0.05) is 32.1 Å². The van der Waals surface area contributed by atoms with Crippen LogP contribution in [0.3, 0.4) is 0 Å². The van der Waals surface area contributed by atoms with E-state index in [9.17, 15) is 4.79 Å². The summed E-state index contributed by atoms with van der Waals surface area (Å²) in [4.78, 5) is 17.0. The molecule has 1 aliphatic heterocycles. The number of urea groups is 1. The van der Waals surface area contributed by atoms with Gasteiger partial charge in [0.25, 0.3) is 0 Å². The number of nitrogens with one attached hydrogen (secondary N) is 2. The summed E-state index contributed by atoms with van der Waals surface area (Å²) >= 11 is 0. The van der Waals surface area contributed by atoms with Crippen molar-refractivity contribution in [3.8, 4) is 0 Å². The Hall–Kier alpha value is -2.34. The minimum absolute atomic E-state index is 0.0458. The highest BCUT2D eigenvalue weighted by molar-refractivity contribution is 5.74. The van der Waals surface area contributed by atoms with Crippen molar-refractivity contribution in [3.63, 3.8) is 0 Å². The van der Waals surface area contributed by atoms with E-state index in [1.807, 2.05) is 17.8 Å². The van der Waals surface area contributed by atoms with Gasteiger partial charge < -0.3 is 19.9 Å². The Bertz CT molecular complexity index is 768. The minimum Gasteiger partial charge on any atom is -0.368 e. The van der Waals surface area contributed by atoms with Gasteiger partial charge in [-0.2, -0.15) is 0 Å². The van der Waals surface area contributed by atoms with Gasteiger partial charge in [-0.05, 0) is 50.0 Å². The molecule has 4 rings (SSSR count). The van der Waals surface area contributed by atoms with Gasteiger partial charge in [0.05, 0.1) is 6.04 Å². The van der Waals surface area contributed by atoms with Crippen LogP contribution < -0.4 is 10.6 Å². The van der Waals surface area contributed by atoms with Gasteiger partial charge in [0.2, 0.25) is 0 Å². The lowest BCUT2D eigenvalue weighted by Gasteiger charge is -2.33. The molecule has 0 unspecified atom stereocenters. The smallest absolute Gasteiger partial charge is 0.315 e. The summed E-state index contributed by atoms with van der Waals surface area (Å²) in [6.45, 7) is 0.709. The number of hydrogen-bond donors (Lipinski definition) is 2. The zero-order valence-electron chi connectivity index (χ0n) is 16.5. The number of carbonyl (C=O) groups excluding carboxylic acids is 1. The van der Waals surface area contributed by atoms with E-state index in [0.29, 0.717) is 12.5 Å². The molecule has 2 aromatic rings. The highest BCUT2D eigenvalue weighted by Crippen LogP contribution is 2.33. The number of aryl methyl sites for hydroxylation is 1. The van der Waals surface area contributed by atoms with Crippen LogP contribution in [0.5, 0.6) is 0 Å². The molecule has 6 heteroatoms. The SMILES string of the molecule is Cn1ccnc1[C@H]1OCCC[C@@H]1NC(=O)NC1CCC(c2ccccc2)CC1. The van der Waals surface area contributed by atoms with E-state index in [2.05, 4.69) is 45.9 Å². The second-order valence-corrected chi connectivity index (χ2v) is 8.01. The molecule has 2 heterocycles. The molecule has 1 aromatic heterocycles. The number of rotatable bonds is 4. The second-order valence-electron chi connectivity index (χ2n) is 8.01. The number of amides is 2. The van der Waals surface area contributed by atoms with Crippen molar-refractivity contribution in [2.24, 2.45) is 7.05 Å².